The molecule has 0 saturated carbocycles. The minimum Gasteiger partial charge on any atom is -0.393 e. The van der Waals surface area contributed by atoms with Crippen LogP contribution in [0.15, 0.2) is 91.0 Å². The van der Waals surface area contributed by atoms with Crippen LogP contribution in [0.3, 0.4) is 0 Å². The van der Waals surface area contributed by atoms with Crippen molar-refractivity contribution in [2.75, 3.05) is 26.2 Å². The van der Waals surface area contributed by atoms with Crippen molar-refractivity contribution in [3.8, 4) is 0 Å². The first kappa shape index (κ1) is 19.8. The third-order valence-electron chi connectivity index (χ3n) is 5.82. The number of benzene rings is 3. The molecule has 1 aliphatic rings. The van der Waals surface area contributed by atoms with E-state index in [0.717, 1.165) is 49.2 Å². The highest BCUT2D eigenvalue weighted by atomic mass is 16.5. The van der Waals surface area contributed by atoms with Crippen molar-refractivity contribution < 1.29 is 9.84 Å². The number of hydrogen-bond acceptors (Lipinski definition) is 3. The van der Waals surface area contributed by atoms with Crippen molar-refractivity contribution in [2.24, 2.45) is 0 Å². The van der Waals surface area contributed by atoms with Crippen molar-refractivity contribution in [1.29, 1.82) is 0 Å². The zero-order chi connectivity index (χ0) is 19.9. The summed E-state index contributed by atoms with van der Waals surface area (Å²) in [5, 5.41) is 9.77. The molecular formula is C26H29NO2. The Balaban J connectivity index is 1.68. The number of aliphatic hydroxyl groups is 1. The summed E-state index contributed by atoms with van der Waals surface area (Å²) in [5.74, 6) is 0. The Morgan fingerprint density at radius 1 is 0.724 bits per heavy atom. The van der Waals surface area contributed by atoms with E-state index in [4.69, 9.17) is 4.74 Å². The maximum absolute atomic E-state index is 9.77. The van der Waals surface area contributed by atoms with Gasteiger partial charge in [-0.15, -0.1) is 0 Å². The van der Waals surface area contributed by atoms with Gasteiger partial charge in [0.1, 0.15) is 5.60 Å². The molecule has 3 aromatic carbocycles. The van der Waals surface area contributed by atoms with Crippen molar-refractivity contribution in [1.82, 2.24) is 4.90 Å². The molecule has 150 valence electrons. The number of nitrogens with zero attached hydrogens (tertiary/aromatic N) is 1. The summed E-state index contributed by atoms with van der Waals surface area (Å²) in [5.41, 5.74) is 2.74. The van der Waals surface area contributed by atoms with Gasteiger partial charge in [0.15, 0.2) is 0 Å². The predicted molar refractivity (Wildman–Crippen MR) is 117 cm³/mol. The molecule has 0 spiro atoms. The van der Waals surface area contributed by atoms with Gasteiger partial charge >= 0.3 is 0 Å². The van der Waals surface area contributed by atoms with Gasteiger partial charge in [0.05, 0.1) is 12.7 Å². The van der Waals surface area contributed by atoms with Gasteiger partial charge in [-0.3, -0.25) is 0 Å². The van der Waals surface area contributed by atoms with Gasteiger partial charge < -0.3 is 14.7 Å². The Hall–Kier alpha value is -2.46. The van der Waals surface area contributed by atoms with E-state index in [1.54, 1.807) is 0 Å². The Morgan fingerprint density at radius 2 is 1.14 bits per heavy atom. The largest absolute Gasteiger partial charge is 0.393 e. The summed E-state index contributed by atoms with van der Waals surface area (Å²) in [7, 11) is 0. The zero-order valence-corrected chi connectivity index (χ0v) is 16.8. The Bertz CT molecular complexity index is 762. The molecule has 3 nitrogen and oxygen atoms in total. The van der Waals surface area contributed by atoms with Gasteiger partial charge in [-0.1, -0.05) is 91.0 Å². The molecule has 1 fully saturated rings. The van der Waals surface area contributed by atoms with Crippen LogP contribution in [-0.4, -0.2) is 42.4 Å². The summed E-state index contributed by atoms with van der Waals surface area (Å²) < 4.78 is 6.81. The van der Waals surface area contributed by atoms with Crippen LogP contribution >= 0.6 is 0 Å². The number of hydrogen-bond donors (Lipinski definition) is 1. The number of ether oxygens (including phenoxy) is 1. The molecule has 0 radical (unpaired) electrons. The lowest BCUT2D eigenvalue weighted by Crippen LogP contribution is -2.40. The fourth-order valence-electron chi connectivity index (χ4n) is 4.24. The van der Waals surface area contributed by atoms with E-state index < -0.39 is 5.60 Å². The molecule has 1 saturated heterocycles. The van der Waals surface area contributed by atoms with Gasteiger partial charge in [-0.05, 0) is 29.5 Å². The lowest BCUT2D eigenvalue weighted by atomic mass is 9.80. The first-order chi connectivity index (χ1) is 14.3. The van der Waals surface area contributed by atoms with Crippen LogP contribution in [0.25, 0.3) is 0 Å². The van der Waals surface area contributed by atoms with E-state index in [9.17, 15) is 5.11 Å². The molecule has 0 aliphatic carbocycles. The maximum Gasteiger partial charge on any atom is 0.143 e. The highest BCUT2D eigenvalue weighted by Crippen LogP contribution is 2.40. The zero-order valence-electron chi connectivity index (χ0n) is 16.8. The van der Waals surface area contributed by atoms with Gasteiger partial charge in [0.2, 0.25) is 0 Å². The molecule has 0 aromatic heterocycles. The van der Waals surface area contributed by atoms with Gasteiger partial charge in [0.25, 0.3) is 0 Å². The number of rotatable bonds is 7. The third kappa shape index (κ3) is 4.43. The minimum atomic E-state index is -0.654. The lowest BCUT2D eigenvalue weighted by molar-refractivity contribution is -0.00759. The van der Waals surface area contributed by atoms with Crippen LogP contribution in [0.5, 0.6) is 0 Å². The van der Waals surface area contributed by atoms with Crippen molar-refractivity contribution >= 4 is 0 Å². The molecular weight excluding hydrogens is 358 g/mol. The molecule has 0 bridgehead atoms. The molecule has 0 atom stereocenters. The molecule has 0 amide bonds. The number of aliphatic hydroxyl groups excluding tert-OH is 1. The van der Waals surface area contributed by atoms with Crippen LogP contribution in [0.4, 0.5) is 0 Å². The second-order valence-corrected chi connectivity index (χ2v) is 7.70. The highest BCUT2D eigenvalue weighted by molar-refractivity contribution is 5.47. The van der Waals surface area contributed by atoms with Crippen LogP contribution < -0.4 is 0 Å². The normalized spacial score (nSPS) is 16.0. The van der Waals surface area contributed by atoms with Crippen LogP contribution in [0.1, 0.15) is 29.5 Å². The highest BCUT2D eigenvalue weighted by Gasteiger charge is 2.37. The first-order valence-electron chi connectivity index (χ1n) is 10.5. The molecule has 1 heterocycles. The molecule has 29 heavy (non-hydrogen) atoms. The average Bonchev–Trinajstić information content (AvgIpc) is 2.80. The van der Waals surface area contributed by atoms with E-state index in [2.05, 4.69) is 77.7 Å². The second-order valence-electron chi connectivity index (χ2n) is 7.70. The molecule has 1 aliphatic heterocycles. The van der Waals surface area contributed by atoms with Gasteiger partial charge in [-0.25, -0.2) is 0 Å². The first-order valence-corrected chi connectivity index (χ1v) is 10.5. The van der Waals surface area contributed by atoms with Gasteiger partial charge in [-0.2, -0.15) is 0 Å². The standard InChI is InChI=1S/C26H29NO2/c28-25-16-18-27(19-17-25)20-21-29-26(22-10-4-1-5-11-22,23-12-6-2-7-13-23)24-14-8-3-9-15-24/h1-15,25,28H,16-21H2. The van der Waals surface area contributed by atoms with E-state index in [0.29, 0.717) is 6.61 Å². The second kappa shape index (κ2) is 9.36. The Labute approximate surface area is 173 Å². The summed E-state index contributed by atoms with van der Waals surface area (Å²) in [4.78, 5) is 2.39. The Morgan fingerprint density at radius 3 is 1.55 bits per heavy atom. The average molecular weight is 388 g/mol. The minimum absolute atomic E-state index is 0.149. The molecule has 0 unspecified atom stereocenters. The summed E-state index contributed by atoms with van der Waals surface area (Å²) in [6.07, 6.45) is 1.55. The van der Waals surface area contributed by atoms with E-state index in [-0.39, 0.29) is 6.10 Å². The third-order valence-corrected chi connectivity index (χ3v) is 5.82. The monoisotopic (exact) mass is 387 g/mol. The molecule has 1 N–H and O–H groups in total. The Kier molecular flexibility index (Phi) is 6.40. The number of likely N-dealkylation sites (tertiary alicyclic amines) is 1. The fourth-order valence-corrected chi connectivity index (χ4v) is 4.24. The van der Waals surface area contributed by atoms with Crippen LogP contribution in [0.2, 0.25) is 0 Å². The summed E-state index contributed by atoms with van der Waals surface area (Å²) >= 11 is 0. The van der Waals surface area contributed by atoms with Crippen LogP contribution in [0, 0.1) is 0 Å². The number of piperidine rings is 1. The smallest absolute Gasteiger partial charge is 0.143 e. The summed E-state index contributed by atoms with van der Waals surface area (Å²) in [6, 6.07) is 31.5. The van der Waals surface area contributed by atoms with E-state index in [1.807, 2.05) is 18.2 Å². The van der Waals surface area contributed by atoms with E-state index in [1.165, 1.54) is 0 Å². The van der Waals surface area contributed by atoms with Crippen molar-refractivity contribution in [3.63, 3.8) is 0 Å². The van der Waals surface area contributed by atoms with Crippen molar-refractivity contribution in [2.45, 2.75) is 24.5 Å². The fraction of sp³-hybridized carbons (Fsp3) is 0.308. The van der Waals surface area contributed by atoms with E-state index >= 15 is 0 Å². The molecule has 3 aromatic rings. The van der Waals surface area contributed by atoms with Crippen molar-refractivity contribution in [3.05, 3.63) is 108 Å². The quantitative estimate of drug-likeness (QED) is 0.608. The summed E-state index contributed by atoms with van der Waals surface area (Å²) in [6.45, 7) is 3.34. The molecule has 4 rings (SSSR count). The van der Waals surface area contributed by atoms with Gasteiger partial charge in [0, 0.05) is 19.6 Å². The SMILES string of the molecule is OC1CCN(CCOC(c2ccccc2)(c2ccccc2)c2ccccc2)CC1. The maximum atomic E-state index is 9.77. The predicted octanol–water partition coefficient (Wildman–Crippen LogP) is 4.45. The van der Waals surface area contributed by atoms with Crippen LogP contribution in [-0.2, 0) is 10.3 Å². The lowest BCUT2D eigenvalue weighted by Gasteiger charge is -2.37. The topological polar surface area (TPSA) is 32.7 Å². The molecule has 3 heteroatoms.